The lowest BCUT2D eigenvalue weighted by molar-refractivity contribution is 0.107. The van der Waals surface area contributed by atoms with Crippen molar-refractivity contribution >= 4 is 45.3 Å². The second kappa shape index (κ2) is 33.3. The maximum atomic E-state index is 9.09. The highest BCUT2D eigenvalue weighted by atomic mass is 32.1. The smallest absolute Gasteiger partial charge is 0.379 e. The van der Waals surface area contributed by atoms with Gasteiger partial charge in [-0.3, -0.25) is 9.59 Å². The zero-order valence-electron chi connectivity index (χ0n) is 17.2. The van der Waals surface area contributed by atoms with Crippen LogP contribution in [0.3, 0.4) is 0 Å². The number of thiol groups is 2. The van der Waals surface area contributed by atoms with Gasteiger partial charge in [0.15, 0.2) is 0 Å². The molecule has 0 aliphatic carbocycles. The minimum absolute atomic E-state index is 0.639. The number of primary amides is 2. The third kappa shape index (κ3) is 66.8. The predicted octanol–water partition coefficient (Wildman–Crippen LogP) is 2.09. The van der Waals surface area contributed by atoms with Gasteiger partial charge in [0.05, 0.1) is 13.2 Å². The summed E-state index contributed by atoms with van der Waals surface area (Å²) < 4.78 is 20.5. The monoisotopic (exact) mass is 448 g/mol. The SMILES string of the molecule is C1COCCN1.CCC.CCO[Si](OCC)OCC.NC(=O)S.NC(=O)S. The minimum atomic E-state index is -1.40. The van der Waals surface area contributed by atoms with Gasteiger partial charge in [0.2, 0.25) is 0 Å². The third-order valence-corrected chi connectivity index (χ3v) is 3.21. The molecule has 0 aromatic rings. The first-order chi connectivity index (χ1) is 12.7. The van der Waals surface area contributed by atoms with E-state index >= 15 is 0 Å². The van der Waals surface area contributed by atoms with Crippen molar-refractivity contribution in [3.05, 3.63) is 0 Å². The molecule has 2 amide bonds. The summed E-state index contributed by atoms with van der Waals surface area (Å²) in [7, 11) is -1.40. The number of hydrogen-bond acceptors (Lipinski definition) is 7. The van der Waals surface area contributed by atoms with E-state index in [2.05, 4.69) is 55.9 Å². The lowest BCUT2D eigenvalue weighted by Crippen LogP contribution is -2.30. The standard InChI is InChI=1S/C6H15O3Si.C4H9NO.C3H8.2CH3NOS/c1-4-7-10(8-5-2)9-6-3;1-3-6-4-2-5-1;1-3-2;2*2-1(3)4/h4-6H2,1-3H3;5H,1-4H2;3H2,1-2H3;2*(H3,2,3,4). The van der Waals surface area contributed by atoms with Gasteiger partial charge in [0, 0.05) is 32.9 Å². The fourth-order valence-electron chi connectivity index (χ4n) is 0.994. The topological polar surface area (TPSA) is 135 Å². The molecule has 1 rings (SSSR count). The number of morpholine rings is 1. The highest BCUT2D eigenvalue weighted by molar-refractivity contribution is 7.96. The fraction of sp³-hybridized carbons (Fsp3) is 0.867. The number of amides is 2. The van der Waals surface area contributed by atoms with Crippen LogP contribution in [0.5, 0.6) is 0 Å². The molecule has 0 spiro atoms. The first-order valence-electron chi connectivity index (χ1n) is 8.73. The van der Waals surface area contributed by atoms with Gasteiger partial charge >= 0.3 is 9.53 Å². The van der Waals surface area contributed by atoms with Crippen LogP contribution in [0.4, 0.5) is 9.59 Å². The lowest BCUT2D eigenvalue weighted by Gasteiger charge is -2.10. The maximum Gasteiger partial charge on any atom is 0.577 e. The molecule has 9 nitrogen and oxygen atoms in total. The molecular formula is C15H38N3O6S2Si. The zero-order valence-corrected chi connectivity index (χ0v) is 19.9. The predicted molar refractivity (Wildman–Crippen MR) is 117 cm³/mol. The first-order valence-corrected chi connectivity index (χ1v) is 10.9. The van der Waals surface area contributed by atoms with Crippen molar-refractivity contribution in [3.63, 3.8) is 0 Å². The van der Waals surface area contributed by atoms with Gasteiger partial charge in [-0.25, -0.2) is 0 Å². The Bertz CT molecular complexity index is 259. The third-order valence-electron chi connectivity index (χ3n) is 1.63. The summed E-state index contributed by atoms with van der Waals surface area (Å²) in [6.45, 7) is 15.9. The van der Waals surface area contributed by atoms with Gasteiger partial charge in [-0.2, -0.15) is 0 Å². The zero-order chi connectivity index (χ0) is 21.9. The van der Waals surface area contributed by atoms with E-state index in [1.54, 1.807) is 0 Å². The van der Waals surface area contributed by atoms with Crippen molar-refractivity contribution in [1.29, 1.82) is 0 Å². The quantitative estimate of drug-likeness (QED) is 0.310. The van der Waals surface area contributed by atoms with Crippen LogP contribution in [-0.4, -0.2) is 66.1 Å². The van der Waals surface area contributed by atoms with E-state index in [0.29, 0.717) is 19.8 Å². The molecule has 1 aliphatic rings. The molecular weight excluding hydrogens is 410 g/mol. The Morgan fingerprint density at radius 1 is 0.889 bits per heavy atom. The van der Waals surface area contributed by atoms with Crippen LogP contribution in [0.25, 0.3) is 0 Å². The van der Waals surface area contributed by atoms with E-state index in [-0.39, 0.29) is 0 Å². The Morgan fingerprint density at radius 2 is 1.15 bits per heavy atom. The first kappa shape index (κ1) is 34.2. The summed E-state index contributed by atoms with van der Waals surface area (Å²) in [5, 5.41) is 1.88. The van der Waals surface area contributed by atoms with Gasteiger partial charge in [-0.15, -0.1) is 0 Å². The molecule has 0 unspecified atom stereocenters. The summed E-state index contributed by atoms with van der Waals surface area (Å²) >= 11 is 6.21. The van der Waals surface area contributed by atoms with Crippen LogP contribution in [0.2, 0.25) is 0 Å². The molecule has 0 aromatic carbocycles. The van der Waals surface area contributed by atoms with Gasteiger partial charge < -0.3 is 34.8 Å². The largest absolute Gasteiger partial charge is 0.577 e. The number of hydrogen-bond donors (Lipinski definition) is 5. The summed E-state index contributed by atoms with van der Waals surface area (Å²) in [5.41, 5.74) is 8.67. The Hall–Kier alpha value is -0.343. The Kier molecular flexibility index (Phi) is 42.1. The van der Waals surface area contributed by atoms with Crippen molar-refractivity contribution in [2.24, 2.45) is 11.5 Å². The van der Waals surface area contributed by atoms with Crippen molar-refractivity contribution in [3.8, 4) is 0 Å². The number of ether oxygens (including phenoxy) is 1. The second-order valence-electron chi connectivity index (χ2n) is 4.29. The number of rotatable bonds is 6. The molecule has 1 fully saturated rings. The Morgan fingerprint density at radius 3 is 1.26 bits per heavy atom. The number of nitrogens with two attached hydrogens (primary N) is 2. The van der Waals surface area contributed by atoms with Crippen LogP contribution in [0.15, 0.2) is 0 Å². The van der Waals surface area contributed by atoms with Gasteiger partial charge in [-0.05, 0) is 20.8 Å². The second-order valence-corrected chi connectivity index (χ2v) is 6.54. The fourth-order valence-corrected chi connectivity index (χ4v) is 1.95. The highest BCUT2D eigenvalue weighted by Crippen LogP contribution is 1.91. The molecule has 1 heterocycles. The Labute approximate surface area is 177 Å². The summed E-state index contributed by atoms with van der Waals surface area (Å²) in [6, 6.07) is 0. The maximum absolute atomic E-state index is 9.09. The van der Waals surface area contributed by atoms with E-state index in [4.69, 9.17) is 27.6 Å². The van der Waals surface area contributed by atoms with Gasteiger partial charge in [0.1, 0.15) is 0 Å². The minimum Gasteiger partial charge on any atom is -0.379 e. The van der Waals surface area contributed by atoms with Crippen molar-refractivity contribution in [1.82, 2.24) is 5.32 Å². The molecule has 5 N–H and O–H groups in total. The van der Waals surface area contributed by atoms with Crippen LogP contribution >= 0.6 is 25.3 Å². The van der Waals surface area contributed by atoms with E-state index in [9.17, 15) is 0 Å². The van der Waals surface area contributed by atoms with Crippen LogP contribution in [0.1, 0.15) is 41.0 Å². The molecule has 0 bridgehead atoms. The van der Waals surface area contributed by atoms with Crippen LogP contribution in [0, 0.1) is 0 Å². The summed E-state index contributed by atoms with van der Waals surface area (Å²) in [5.74, 6) is 0. The van der Waals surface area contributed by atoms with E-state index in [1.807, 2.05) is 20.8 Å². The number of carbonyl (C=O) groups is 2. The molecule has 1 saturated heterocycles. The molecule has 1 aliphatic heterocycles. The van der Waals surface area contributed by atoms with Crippen molar-refractivity contribution < 1.29 is 27.6 Å². The van der Waals surface area contributed by atoms with Gasteiger partial charge in [0.25, 0.3) is 10.5 Å². The molecule has 165 valence electrons. The molecule has 0 atom stereocenters. The molecule has 27 heavy (non-hydrogen) atoms. The van der Waals surface area contributed by atoms with Crippen LogP contribution in [-0.2, 0) is 18.0 Å². The summed E-state index contributed by atoms with van der Waals surface area (Å²) in [4.78, 5) is 18.2. The number of nitrogens with one attached hydrogen (secondary N) is 1. The van der Waals surface area contributed by atoms with Crippen molar-refractivity contribution in [2.75, 3.05) is 46.1 Å². The van der Waals surface area contributed by atoms with Crippen molar-refractivity contribution in [2.45, 2.75) is 41.0 Å². The van der Waals surface area contributed by atoms with E-state index < -0.39 is 20.0 Å². The average molecular weight is 449 g/mol. The Balaban J connectivity index is -0.000000133. The average Bonchev–Trinajstić information content (AvgIpc) is 2.57. The molecule has 0 aromatic heterocycles. The normalized spacial score (nSPS) is 11.9. The highest BCUT2D eigenvalue weighted by Gasteiger charge is 2.15. The molecule has 0 saturated carbocycles. The summed E-state index contributed by atoms with van der Waals surface area (Å²) in [6.07, 6.45) is 1.25. The van der Waals surface area contributed by atoms with E-state index in [1.165, 1.54) is 6.42 Å². The lowest BCUT2D eigenvalue weighted by atomic mass is 10.5. The molecule has 12 heteroatoms. The van der Waals surface area contributed by atoms with Crippen LogP contribution < -0.4 is 16.8 Å². The van der Waals surface area contributed by atoms with E-state index in [0.717, 1.165) is 26.3 Å². The molecule has 1 radical (unpaired) electrons. The number of carbonyl (C=O) groups excluding carboxylic acids is 2. The van der Waals surface area contributed by atoms with Gasteiger partial charge in [-0.1, -0.05) is 45.5 Å².